The number of hydrogen-bond acceptors (Lipinski definition) is 5. The van der Waals surface area contributed by atoms with Gasteiger partial charge in [0.2, 0.25) is 0 Å². The maximum absolute atomic E-state index is 13.1. The van der Waals surface area contributed by atoms with Crippen LogP contribution in [-0.2, 0) is 4.74 Å². The van der Waals surface area contributed by atoms with Crippen LogP contribution in [0.2, 0.25) is 0 Å². The Balaban J connectivity index is 1.42. The lowest BCUT2D eigenvalue weighted by molar-refractivity contribution is -0.0695. The van der Waals surface area contributed by atoms with Gasteiger partial charge in [-0.1, -0.05) is 6.07 Å². The minimum Gasteiger partial charge on any atom is -0.496 e. The van der Waals surface area contributed by atoms with E-state index >= 15 is 0 Å². The first kappa shape index (κ1) is 20.6. The number of methoxy groups -OCH3 is 1. The Morgan fingerprint density at radius 2 is 1.97 bits per heavy atom. The van der Waals surface area contributed by atoms with Crippen molar-refractivity contribution in [1.29, 1.82) is 0 Å². The molecule has 3 heterocycles. The van der Waals surface area contributed by atoms with Crippen molar-refractivity contribution in [3.05, 3.63) is 29.3 Å². The lowest BCUT2D eigenvalue weighted by Gasteiger charge is -2.51. The molecule has 1 aromatic rings. The fourth-order valence-corrected chi connectivity index (χ4v) is 5.51. The maximum Gasteiger partial charge on any atom is 0.254 e. The number of likely N-dealkylation sites (tertiary alicyclic amines) is 2. The summed E-state index contributed by atoms with van der Waals surface area (Å²) in [4.78, 5) is 17.6. The maximum atomic E-state index is 13.1. The molecule has 0 saturated carbocycles. The molecule has 6 nitrogen and oxygen atoms in total. The number of carbonyl (C=O) groups is 1. The number of carbonyl (C=O) groups excluding carboxylic acids is 1. The van der Waals surface area contributed by atoms with Gasteiger partial charge in [-0.2, -0.15) is 0 Å². The van der Waals surface area contributed by atoms with E-state index in [2.05, 4.69) is 4.90 Å². The van der Waals surface area contributed by atoms with E-state index in [-0.39, 0.29) is 17.4 Å². The van der Waals surface area contributed by atoms with Crippen LogP contribution in [0.5, 0.6) is 5.75 Å². The third kappa shape index (κ3) is 4.30. The van der Waals surface area contributed by atoms with Crippen molar-refractivity contribution in [3.63, 3.8) is 0 Å². The Morgan fingerprint density at radius 3 is 2.66 bits per heavy atom. The summed E-state index contributed by atoms with van der Waals surface area (Å²) < 4.78 is 10.9. The van der Waals surface area contributed by atoms with Crippen molar-refractivity contribution in [3.8, 4) is 5.75 Å². The molecule has 3 aliphatic heterocycles. The molecule has 0 aromatic heterocycles. The van der Waals surface area contributed by atoms with Gasteiger partial charge in [-0.15, -0.1) is 0 Å². The molecule has 0 bridgehead atoms. The molecule has 3 saturated heterocycles. The van der Waals surface area contributed by atoms with E-state index in [1.54, 1.807) is 7.11 Å². The molecule has 3 aliphatic rings. The highest BCUT2D eigenvalue weighted by molar-refractivity contribution is 5.96. The Labute approximate surface area is 173 Å². The predicted molar refractivity (Wildman–Crippen MR) is 111 cm³/mol. The number of aliphatic hydroxyl groups excluding tert-OH is 1. The summed E-state index contributed by atoms with van der Waals surface area (Å²) in [6.45, 7) is 6.92. The van der Waals surface area contributed by atoms with Gasteiger partial charge in [0, 0.05) is 56.6 Å². The minimum absolute atomic E-state index is 0.0916. The topological polar surface area (TPSA) is 62.2 Å². The first-order chi connectivity index (χ1) is 14.0. The molecule has 0 radical (unpaired) electrons. The normalized spacial score (nSPS) is 25.9. The number of ether oxygens (including phenoxy) is 2. The van der Waals surface area contributed by atoms with Crippen molar-refractivity contribution in [2.24, 2.45) is 5.41 Å². The third-order valence-electron chi connectivity index (χ3n) is 7.21. The summed E-state index contributed by atoms with van der Waals surface area (Å²) >= 11 is 0. The van der Waals surface area contributed by atoms with Crippen LogP contribution in [0.1, 0.15) is 48.0 Å². The van der Waals surface area contributed by atoms with Crippen LogP contribution < -0.4 is 4.74 Å². The molecule has 3 fully saturated rings. The molecular formula is C23H34N2O4. The number of β-amino-alcohol motifs (C(OH)–C–C–N with tert-alkyl or cyclic N) is 1. The molecule has 1 unspecified atom stereocenters. The van der Waals surface area contributed by atoms with E-state index in [1.807, 2.05) is 30.0 Å². The van der Waals surface area contributed by atoms with Gasteiger partial charge in [0.15, 0.2) is 0 Å². The van der Waals surface area contributed by atoms with E-state index < -0.39 is 0 Å². The molecular weight excluding hydrogens is 368 g/mol. The molecule has 1 amide bonds. The van der Waals surface area contributed by atoms with E-state index in [4.69, 9.17) is 9.47 Å². The lowest BCUT2D eigenvalue weighted by Crippen LogP contribution is -2.57. The quantitative estimate of drug-likeness (QED) is 0.842. The highest BCUT2D eigenvalue weighted by atomic mass is 16.5. The average molecular weight is 403 g/mol. The monoisotopic (exact) mass is 402 g/mol. The zero-order valence-corrected chi connectivity index (χ0v) is 17.7. The van der Waals surface area contributed by atoms with Crippen LogP contribution in [0.3, 0.4) is 0 Å². The van der Waals surface area contributed by atoms with Gasteiger partial charge >= 0.3 is 0 Å². The second kappa shape index (κ2) is 8.62. The molecule has 160 valence electrons. The first-order valence-electron chi connectivity index (χ1n) is 10.9. The summed E-state index contributed by atoms with van der Waals surface area (Å²) in [5.74, 6) is 0.848. The number of aliphatic hydroxyl groups is 1. The fraction of sp³-hybridized carbons (Fsp3) is 0.696. The van der Waals surface area contributed by atoms with Crippen LogP contribution in [0.25, 0.3) is 0 Å². The van der Waals surface area contributed by atoms with E-state index in [1.165, 1.54) is 0 Å². The van der Waals surface area contributed by atoms with Crippen molar-refractivity contribution in [1.82, 2.24) is 9.80 Å². The number of hydrogen-bond donors (Lipinski definition) is 1. The van der Waals surface area contributed by atoms with Crippen LogP contribution in [0.4, 0.5) is 0 Å². The van der Waals surface area contributed by atoms with Gasteiger partial charge in [-0.05, 0) is 56.6 Å². The first-order valence-corrected chi connectivity index (χ1v) is 10.9. The SMILES string of the molecule is COc1cccc(C(=O)N2CCC3(CC2)CC(O)CN(C2CCOCC2)C3)c1C. The standard InChI is InChI=1S/C23H34N2O4/c1-17-20(4-3-5-21(17)28-2)22(27)24-10-8-23(9-11-24)14-19(26)15-25(16-23)18-6-12-29-13-7-18/h3-5,18-19,26H,6-16H2,1-2H3. The van der Waals surface area contributed by atoms with Crippen LogP contribution >= 0.6 is 0 Å². The zero-order chi connectivity index (χ0) is 20.4. The van der Waals surface area contributed by atoms with E-state index in [9.17, 15) is 9.90 Å². The van der Waals surface area contributed by atoms with E-state index in [0.717, 1.165) is 88.4 Å². The largest absolute Gasteiger partial charge is 0.496 e. The number of amides is 1. The van der Waals surface area contributed by atoms with Crippen LogP contribution in [0, 0.1) is 12.3 Å². The third-order valence-corrected chi connectivity index (χ3v) is 7.21. The summed E-state index contributed by atoms with van der Waals surface area (Å²) in [5, 5.41) is 10.6. The van der Waals surface area contributed by atoms with E-state index in [0.29, 0.717) is 6.04 Å². The summed E-state index contributed by atoms with van der Waals surface area (Å²) in [5.41, 5.74) is 1.75. The highest BCUT2D eigenvalue weighted by Gasteiger charge is 2.44. The lowest BCUT2D eigenvalue weighted by atomic mass is 9.71. The number of rotatable bonds is 3. The van der Waals surface area contributed by atoms with Gasteiger partial charge < -0.3 is 19.5 Å². The molecule has 1 aromatic carbocycles. The van der Waals surface area contributed by atoms with Gasteiger partial charge in [-0.25, -0.2) is 0 Å². The number of piperidine rings is 2. The Bertz CT molecular complexity index is 724. The number of benzene rings is 1. The van der Waals surface area contributed by atoms with Gasteiger partial charge in [-0.3, -0.25) is 9.69 Å². The molecule has 0 aliphatic carbocycles. The highest BCUT2D eigenvalue weighted by Crippen LogP contribution is 2.41. The predicted octanol–water partition coefficient (Wildman–Crippen LogP) is 2.47. The zero-order valence-electron chi connectivity index (χ0n) is 17.7. The van der Waals surface area contributed by atoms with Crippen LogP contribution in [0.15, 0.2) is 18.2 Å². The molecule has 1 N–H and O–H groups in total. The Hall–Kier alpha value is -1.63. The summed E-state index contributed by atoms with van der Waals surface area (Å²) in [7, 11) is 1.64. The second-order valence-electron chi connectivity index (χ2n) is 9.06. The Kier molecular flexibility index (Phi) is 6.13. The molecule has 6 heteroatoms. The Morgan fingerprint density at radius 1 is 1.24 bits per heavy atom. The fourth-order valence-electron chi connectivity index (χ4n) is 5.51. The van der Waals surface area contributed by atoms with Crippen LogP contribution in [-0.4, -0.2) is 79.5 Å². The van der Waals surface area contributed by atoms with Gasteiger partial charge in [0.25, 0.3) is 5.91 Å². The van der Waals surface area contributed by atoms with Crippen molar-refractivity contribution in [2.45, 2.75) is 51.2 Å². The van der Waals surface area contributed by atoms with Crippen molar-refractivity contribution >= 4 is 5.91 Å². The molecule has 29 heavy (non-hydrogen) atoms. The molecule has 1 atom stereocenters. The second-order valence-corrected chi connectivity index (χ2v) is 9.06. The van der Waals surface area contributed by atoms with Gasteiger partial charge in [0.05, 0.1) is 13.2 Å². The summed E-state index contributed by atoms with van der Waals surface area (Å²) in [6, 6.07) is 6.19. The molecule has 4 rings (SSSR count). The van der Waals surface area contributed by atoms with Crippen molar-refractivity contribution < 1.29 is 19.4 Å². The average Bonchev–Trinajstić information content (AvgIpc) is 2.74. The smallest absolute Gasteiger partial charge is 0.254 e. The minimum atomic E-state index is -0.269. The number of nitrogens with zero attached hydrogens (tertiary/aromatic N) is 2. The molecule has 1 spiro atoms. The van der Waals surface area contributed by atoms with Crippen molar-refractivity contribution in [2.75, 3.05) is 46.5 Å². The summed E-state index contributed by atoms with van der Waals surface area (Å²) in [6.07, 6.45) is 4.61. The van der Waals surface area contributed by atoms with Gasteiger partial charge in [0.1, 0.15) is 5.75 Å².